The number of anilines is 3. The largest absolute Gasteiger partial charge is 0.371 e. The molecule has 1 fully saturated rings. The normalized spacial score (nSPS) is 14.7. The molecule has 1 aliphatic rings. The van der Waals surface area contributed by atoms with Crippen molar-refractivity contribution in [3.8, 4) is 0 Å². The Balaban J connectivity index is 1.56. The fourth-order valence-electron chi connectivity index (χ4n) is 4.31. The number of hydrogen-bond acceptors (Lipinski definition) is 3. The molecule has 3 N–H and O–H groups in total. The fourth-order valence-corrected chi connectivity index (χ4v) is 4.65. The number of nitrogens with zero attached hydrogens (tertiary/aromatic N) is 1. The van der Waals surface area contributed by atoms with Gasteiger partial charge in [0.2, 0.25) is 0 Å². The van der Waals surface area contributed by atoms with Crippen LogP contribution in [-0.2, 0) is 0 Å². The Labute approximate surface area is 222 Å². The number of carbonyl (C=O) groups is 2. The molecule has 4 rings (SSSR count). The molecule has 0 bridgehead atoms. The number of piperidine rings is 1. The second-order valence-electron chi connectivity index (χ2n) is 9.19. The second kappa shape index (κ2) is 11.7. The van der Waals surface area contributed by atoms with Crippen molar-refractivity contribution in [1.29, 1.82) is 0 Å². The predicted molar refractivity (Wildman–Crippen MR) is 148 cm³/mol. The van der Waals surface area contributed by atoms with E-state index in [2.05, 4.69) is 27.8 Å². The van der Waals surface area contributed by atoms with Crippen molar-refractivity contribution in [2.24, 2.45) is 5.92 Å². The standard InChI is InChI=1S/C28H30Cl2N4O2/c1-18-13-15-34(16-14-18)25-12-11-21(32-28(36)33-24-10-6-9-23(29)26(24)30)17-22(25)27(35)31-19(2)20-7-4-3-5-8-20/h3-12,17-19H,13-16H2,1-2H3,(H,31,35)(H2,32,33,36). The van der Waals surface area contributed by atoms with Crippen LogP contribution in [0.2, 0.25) is 10.0 Å². The van der Waals surface area contributed by atoms with Gasteiger partial charge in [0.1, 0.15) is 0 Å². The third-order valence-corrected chi connectivity index (χ3v) is 7.29. The van der Waals surface area contributed by atoms with Crippen molar-refractivity contribution >= 4 is 52.2 Å². The summed E-state index contributed by atoms with van der Waals surface area (Å²) in [6.07, 6.45) is 2.15. The van der Waals surface area contributed by atoms with Crippen molar-refractivity contribution < 1.29 is 9.59 Å². The van der Waals surface area contributed by atoms with E-state index < -0.39 is 6.03 Å². The molecule has 0 radical (unpaired) electrons. The first kappa shape index (κ1) is 25.9. The molecule has 1 unspecified atom stereocenters. The number of benzene rings is 3. The topological polar surface area (TPSA) is 73.5 Å². The number of amides is 3. The number of hydrogen-bond donors (Lipinski definition) is 3. The molecule has 36 heavy (non-hydrogen) atoms. The van der Waals surface area contributed by atoms with E-state index in [9.17, 15) is 9.59 Å². The highest BCUT2D eigenvalue weighted by atomic mass is 35.5. The Morgan fingerprint density at radius 3 is 2.39 bits per heavy atom. The van der Waals surface area contributed by atoms with Crippen LogP contribution >= 0.6 is 23.2 Å². The van der Waals surface area contributed by atoms with Crippen LogP contribution in [0, 0.1) is 5.92 Å². The Hall–Kier alpha value is -3.22. The molecule has 3 aromatic carbocycles. The summed E-state index contributed by atoms with van der Waals surface area (Å²) in [7, 11) is 0. The van der Waals surface area contributed by atoms with Crippen LogP contribution < -0.4 is 20.9 Å². The number of halogens is 2. The lowest BCUT2D eigenvalue weighted by atomic mass is 9.97. The molecule has 0 aromatic heterocycles. The summed E-state index contributed by atoms with van der Waals surface area (Å²) in [5, 5.41) is 9.23. The lowest BCUT2D eigenvalue weighted by Gasteiger charge is -2.33. The molecule has 8 heteroatoms. The van der Waals surface area contributed by atoms with Gasteiger partial charge >= 0.3 is 6.03 Å². The molecule has 0 saturated carbocycles. The lowest BCUT2D eigenvalue weighted by Crippen LogP contribution is -2.35. The zero-order chi connectivity index (χ0) is 25.7. The molecule has 1 saturated heterocycles. The van der Waals surface area contributed by atoms with Gasteiger partial charge in [-0.05, 0) is 61.6 Å². The van der Waals surface area contributed by atoms with Crippen molar-refractivity contribution in [2.75, 3.05) is 28.6 Å². The molecule has 0 aliphatic carbocycles. The van der Waals surface area contributed by atoms with Crippen LogP contribution in [0.4, 0.5) is 21.9 Å². The molecule has 0 spiro atoms. The van der Waals surface area contributed by atoms with Crippen LogP contribution in [0.25, 0.3) is 0 Å². The van der Waals surface area contributed by atoms with Crippen molar-refractivity contribution in [3.63, 3.8) is 0 Å². The van der Waals surface area contributed by atoms with Crippen LogP contribution in [0.15, 0.2) is 66.7 Å². The first-order valence-corrected chi connectivity index (χ1v) is 12.8. The quantitative estimate of drug-likeness (QED) is 0.315. The summed E-state index contributed by atoms with van der Waals surface area (Å²) in [4.78, 5) is 28.4. The van der Waals surface area contributed by atoms with Gasteiger partial charge < -0.3 is 20.9 Å². The summed E-state index contributed by atoms with van der Waals surface area (Å²) >= 11 is 12.2. The molecule has 1 heterocycles. The van der Waals surface area contributed by atoms with Crippen LogP contribution in [0.3, 0.4) is 0 Å². The highest BCUT2D eigenvalue weighted by Crippen LogP contribution is 2.31. The SMILES string of the molecule is CC1CCN(c2ccc(NC(=O)Nc3cccc(Cl)c3Cl)cc2C(=O)NC(C)c2ccccc2)CC1. The molecule has 3 amide bonds. The van der Waals surface area contributed by atoms with Gasteiger partial charge in [-0.1, -0.05) is 66.5 Å². The van der Waals surface area contributed by atoms with Crippen molar-refractivity contribution in [1.82, 2.24) is 5.32 Å². The number of rotatable bonds is 6. The maximum atomic E-state index is 13.5. The minimum Gasteiger partial charge on any atom is -0.371 e. The number of nitrogens with one attached hydrogen (secondary N) is 3. The summed E-state index contributed by atoms with van der Waals surface area (Å²) in [6, 6.07) is 19.6. The predicted octanol–water partition coefficient (Wildman–Crippen LogP) is 7.36. The first-order chi connectivity index (χ1) is 17.3. The van der Waals surface area contributed by atoms with Crippen LogP contribution in [0.5, 0.6) is 0 Å². The van der Waals surface area contributed by atoms with Gasteiger partial charge in [-0.15, -0.1) is 0 Å². The van der Waals surface area contributed by atoms with Crippen LogP contribution in [0.1, 0.15) is 48.7 Å². The minimum atomic E-state index is -0.484. The average molecular weight is 525 g/mol. The highest BCUT2D eigenvalue weighted by Gasteiger charge is 2.23. The van der Waals surface area contributed by atoms with Gasteiger partial charge in [0, 0.05) is 24.5 Å². The fraction of sp³-hybridized carbons (Fsp3) is 0.286. The Morgan fingerprint density at radius 1 is 0.944 bits per heavy atom. The first-order valence-electron chi connectivity index (χ1n) is 12.1. The third-order valence-electron chi connectivity index (χ3n) is 6.47. The average Bonchev–Trinajstić information content (AvgIpc) is 2.88. The van der Waals surface area contributed by atoms with Gasteiger partial charge in [-0.25, -0.2) is 4.79 Å². The number of urea groups is 1. The molecular formula is C28H30Cl2N4O2. The second-order valence-corrected chi connectivity index (χ2v) is 9.97. The van der Waals surface area contributed by atoms with E-state index in [1.54, 1.807) is 24.3 Å². The monoisotopic (exact) mass is 524 g/mol. The van der Waals surface area contributed by atoms with E-state index in [0.29, 0.717) is 27.9 Å². The molecule has 3 aromatic rings. The molecule has 1 atom stereocenters. The molecular weight excluding hydrogens is 495 g/mol. The van der Waals surface area contributed by atoms with Gasteiger partial charge in [-0.2, -0.15) is 0 Å². The van der Waals surface area contributed by atoms with E-state index in [-0.39, 0.29) is 17.0 Å². The van der Waals surface area contributed by atoms with Crippen LogP contribution in [-0.4, -0.2) is 25.0 Å². The van der Waals surface area contributed by atoms with Crippen molar-refractivity contribution in [2.45, 2.75) is 32.7 Å². The van der Waals surface area contributed by atoms with E-state index in [1.807, 2.05) is 49.4 Å². The van der Waals surface area contributed by atoms with Crippen molar-refractivity contribution in [3.05, 3.63) is 87.9 Å². The van der Waals surface area contributed by atoms with E-state index in [0.717, 1.165) is 37.2 Å². The summed E-state index contributed by atoms with van der Waals surface area (Å²) in [5.74, 6) is 0.474. The summed E-state index contributed by atoms with van der Waals surface area (Å²) in [6.45, 7) is 5.98. The maximum absolute atomic E-state index is 13.5. The molecule has 188 valence electrons. The van der Waals surface area contributed by atoms with E-state index in [1.165, 1.54) is 0 Å². The van der Waals surface area contributed by atoms with E-state index in [4.69, 9.17) is 23.2 Å². The van der Waals surface area contributed by atoms with Gasteiger partial charge in [0.25, 0.3) is 5.91 Å². The molecule has 6 nitrogen and oxygen atoms in total. The zero-order valence-corrected chi connectivity index (χ0v) is 21.9. The lowest BCUT2D eigenvalue weighted by molar-refractivity contribution is 0.0940. The van der Waals surface area contributed by atoms with Gasteiger partial charge in [0.05, 0.1) is 27.3 Å². The van der Waals surface area contributed by atoms with Gasteiger partial charge in [0.15, 0.2) is 0 Å². The zero-order valence-electron chi connectivity index (χ0n) is 20.4. The molecule has 1 aliphatic heterocycles. The smallest absolute Gasteiger partial charge is 0.323 e. The maximum Gasteiger partial charge on any atom is 0.323 e. The Bertz CT molecular complexity index is 1230. The number of carbonyl (C=O) groups excluding carboxylic acids is 2. The highest BCUT2D eigenvalue weighted by molar-refractivity contribution is 6.44. The summed E-state index contributed by atoms with van der Waals surface area (Å²) < 4.78 is 0. The Morgan fingerprint density at radius 2 is 1.67 bits per heavy atom. The summed E-state index contributed by atoms with van der Waals surface area (Å²) in [5.41, 5.74) is 3.30. The van der Waals surface area contributed by atoms with Gasteiger partial charge in [-0.3, -0.25) is 4.79 Å². The Kier molecular flexibility index (Phi) is 8.39. The van der Waals surface area contributed by atoms with E-state index >= 15 is 0 Å². The minimum absolute atomic E-state index is 0.169. The third kappa shape index (κ3) is 6.31.